The second-order valence-electron chi connectivity index (χ2n) is 6.65. The fraction of sp³-hybridized carbons (Fsp3) is 0.412. The highest BCUT2D eigenvalue weighted by Crippen LogP contribution is 2.65. The van der Waals surface area contributed by atoms with E-state index < -0.39 is 0 Å². The number of nitrogens with zero attached hydrogens (tertiary/aromatic N) is 1. The molecule has 0 N–H and O–H groups in total. The van der Waals surface area contributed by atoms with Gasteiger partial charge < -0.3 is 0 Å². The number of halogens is 1. The van der Waals surface area contributed by atoms with Crippen LogP contribution in [-0.2, 0) is 9.59 Å². The predicted octanol–water partition coefficient (Wildman–Crippen LogP) is 2.90. The van der Waals surface area contributed by atoms with Crippen LogP contribution in [0, 0.1) is 35.5 Å². The number of hydrogen-bond acceptors (Lipinski definition) is 2. The van der Waals surface area contributed by atoms with Gasteiger partial charge in [-0.1, -0.05) is 29.8 Å². The van der Waals surface area contributed by atoms with E-state index in [-0.39, 0.29) is 35.5 Å². The first kappa shape index (κ1) is 12.0. The largest absolute Gasteiger partial charge is 0.274 e. The maximum Gasteiger partial charge on any atom is 0.238 e. The summed E-state index contributed by atoms with van der Waals surface area (Å²) in [6.07, 6.45) is 5.56. The quantitative estimate of drug-likeness (QED) is 0.591. The maximum atomic E-state index is 12.8. The molecule has 0 spiro atoms. The topological polar surface area (TPSA) is 37.4 Å². The normalized spacial score (nSPS) is 42.2. The first-order valence-electron chi connectivity index (χ1n) is 7.48. The molecule has 1 aliphatic heterocycles. The zero-order valence-electron chi connectivity index (χ0n) is 11.3. The van der Waals surface area contributed by atoms with Crippen LogP contribution in [0.15, 0.2) is 36.4 Å². The average Bonchev–Trinajstić information content (AvgIpc) is 3.24. The van der Waals surface area contributed by atoms with E-state index in [1.165, 1.54) is 11.3 Å². The molecule has 2 amide bonds. The summed E-state index contributed by atoms with van der Waals surface area (Å²) in [5.74, 6) is 1.46. The monoisotopic (exact) mass is 299 g/mol. The third-order valence-electron chi connectivity index (χ3n) is 5.73. The summed E-state index contributed by atoms with van der Waals surface area (Å²) >= 11 is 6.01. The predicted molar refractivity (Wildman–Crippen MR) is 78.6 cm³/mol. The van der Waals surface area contributed by atoms with Crippen molar-refractivity contribution in [2.24, 2.45) is 35.5 Å². The highest BCUT2D eigenvalue weighted by atomic mass is 35.5. The Morgan fingerprint density at radius 3 is 2.19 bits per heavy atom. The molecule has 0 aromatic heterocycles. The van der Waals surface area contributed by atoms with Crippen LogP contribution in [0.5, 0.6) is 0 Å². The fourth-order valence-corrected chi connectivity index (χ4v) is 5.01. The molecule has 1 saturated heterocycles. The van der Waals surface area contributed by atoms with Crippen molar-refractivity contribution in [3.63, 3.8) is 0 Å². The zero-order valence-corrected chi connectivity index (χ0v) is 12.0. The van der Waals surface area contributed by atoms with E-state index in [2.05, 4.69) is 12.2 Å². The SMILES string of the molecule is O=C1[C@@H]2[C@H]3C=C[C@H]([C@@H]4C[C@H]34)[C@@H]2C(=O)N1c1cccc(Cl)c1. The smallest absolute Gasteiger partial charge is 0.238 e. The Hall–Kier alpha value is -1.61. The molecule has 5 aliphatic rings. The minimum atomic E-state index is -0.143. The molecule has 4 heteroatoms. The molecule has 0 unspecified atom stereocenters. The van der Waals surface area contributed by atoms with E-state index in [0.717, 1.165) is 0 Å². The lowest BCUT2D eigenvalue weighted by Gasteiger charge is -2.37. The lowest BCUT2D eigenvalue weighted by atomic mass is 9.63. The van der Waals surface area contributed by atoms with Gasteiger partial charge >= 0.3 is 0 Å². The Labute approximate surface area is 127 Å². The van der Waals surface area contributed by atoms with Crippen LogP contribution in [0.2, 0.25) is 5.02 Å². The van der Waals surface area contributed by atoms with Crippen molar-refractivity contribution >= 4 is 29.1 Å². The first-order chi connectivity index (χ1) is 10.2. The summed E-state index contributed by atoms with van der Waals surface area (Å²) in [5.41, 5.74) is 0.611. The molecular formula is C17H14ClNO2. The van der Waals surface area contributed by atoms with E-state index in [0.29, 0.717) is 22.5 Å². The van der Waals surface area contributed by atoms with Crippen LogP contribution >= 0.6 is 11.6 Å². The summed E-state index contributed by atoms with van der Waals surface area (Å²) in [7, 11) is 0. The highest BCUT2D eigenvalue weighted by Gasteiger charge is 2.67. The van der Waals surface area contributed by atoms with Gasteiger partial charge in [0.2, 0.25) is 11.8 Å². The van der Waals surface area contributed by atoms with Gasteiger partial charge in [-0.3, -0.25) is 9.59 Å². The third-order valence-corrected chi connectivity index (χ3v) is 5.96. The first-order valence-corrected chi connectivity index (χ1v) is 7.86. The van der Waals surface area contributed by atoms with Crippen LogP contribution in [-0.4, -0.2) is 11.8 Å². The Morgan fingerprint density at radius 1 is 1.00 bits per heavy atom. The van der Waals surface area contributed by atoms with E-state index in [9.17, 15) is 9.59 Å². The highest BCUT2D eigenvalue weighted by molar-refractivity contribution is 6.31. The second kappa shape index (κ2) is 3.77. The van der Waals surface area contributed by atoms with Gasteiger partial charge in [-0.25, -0.2) is 4.90 Å². The maximum absolute atomic E-state index is 12.8. The number of carbonyl (C=O) groups excluding carboxylic acids is 2. The lowest BCUT2D eigenvalue weighted by Crippen LogP contribution is -2.40. The van der Waals surface area contributed by atoms with Crippen LogP contribution in [0.25, 0.3) is 0 Å². The van der Waals surface area contributed by atoms with Crippen molar-refractivity contribution in [1.29, 1.82) is 0 Å². The standard InChI is InChI=1S/C17H14ClNO2/c18-8-2-1-3-9(6-8)19-16(20)14-10-4-5-11(13-7-12(10)13)15(14)17(19)21/h1-6,10-15H,7H2/t10-,11+,12+,13-,14+,15-. The molecule has 1 aromatic carbocycles. The van der Waals surface area contributed by atoms with Crippen LogP contribution < -0.4 is 4.90 Å². The molecule has 4 aliphatic carbocycles. The molecule has 21 heavy (non-hydrogen) atoms. The number of carbonyl (C=O) groups is 2. The number of amides is 2. The van der Waals surface area contributed by atoms with Crippen molar-refractivity contribution in [2.75, 3.05) is 4.90 Å². The third kappa shape index (κ3) is 1.40. The van der Waals surface area contributed by atoms with Crippen molar-refractivity contribution in [2.45, 2.75) is 6.42 Å². The molecule has 106 valence electrons. The Balaban J connectivity index is 1.60. The summed E-state index contributed by atoms with van der Waals surface area (Å²) in [6, 6.07) is 7.02. The Kier molecular flexibility index (Phi) is 2.15. The molecule has 2 saturated carbocycles. The van der Waals surface area contributed by atoms with Crippen LogP contribution in [0.3, 0.4) is 0 Å². The van der Waals surface area contributed by atoms with Crippen molar-refractivity contribution < 1.29 is 9.59 Å². The zero-order chi connectivity index (χ0) is 14.3. The molecule has 6 atom stereocenters. The van der Waals surface area contributed by atoms with Gasteiger partial charge in [0, 0.05) is 5.02 Å². The molecule has 3 nitrogen and oxygen atoms in total. The summed E-state index contributed by atoms with van der Waals surface area (Å²) < 4.78 is 0. The fourth-order valence-electron chi connectivity index (χ4n) is 4.83. The number of hydrogen-bond donors (Lipinski definition) is 0. The summed E-state index contributed by atoms with van der Waals surface area (Å²) in [4.78, 5) is 27.1. The van der Waals surface area contributed by atoms with Gasteiger partial charge in [-0.2, -0.15) is 0 Å². The van der Waals surface area contributed by atoms with Gasteiger partial charge in [-0.05, 0) is 48.3 Å². The van der Waals surface area contributed by atoms with Gasteiger partial charge in [-0.15, -0.1) is 0 Å². The van der Waals surface area contributed by atoms with E-state index in [1.807, 2.05) is 0 Å². The van der Waals surface area contributed by atoms with Crippen LogP contribution in [0.4, 0.5) is 5.69 Å². The molecule has 1 heterocycles. The van der Waals surface area contributed by atoms with Gasteiger partial charge in [0.15, 0.2) is 0 Å². The minimum absolute atomic E-state index is 0.0306. The summed E-state index contributed by atoms with van der Waals surface area (Å²) in [6.45, 7) is 0. The second-order valence-corrected chi connectivity index (χ2v) is 7.08. The number of rotatable bonds is 1. The molecule has 0 radical (unpaired) electrons. The van der Waals surface area contributed by atoms with Gasteiger partial charge in [0.25, 0.3) is 0 Å². The van der Waals surface area contributed by atoms with Crippen molar-refractivity contribution in [3.05, 3.63) is 41.4 Å². The number of anilines is 1. The van der Waals surface area contributed by atoms with Gasteiger partial charge in [0.05, 0.1) is 17.5 Å². The number of benzene rings is 1. The molecule has 2 bridgehead atoms. The molecule has 6 rings (SSSR count). The molecular weight excluding hydrogens is 286 g/mol. The molecule has 1 aromatic rings. The Bertz CT molecular complexity index is 676. The van der Waals surface area contributed by atoms with Crippen molar-refractivity contribution in [1.82, 2.24) is 0 Å². The molecule has 3 fully saturated rings. The van der Waals surface area contributed by atoms with E-state index in [4.69, 9.17) is 11.6 Å². The van der Waals surface area contributed by atoms with E-state index in [1.54, 1.807) is 24.3 Å². The van der Waals surface area contributed by atoms with E-state index >= 15 is 0 Å². The number of allylic oxidation sites excluding steroid dienone is 2. The Morgan fingerprint density at radius 2 is 1.62 bits per heavy atom. The number of imide groups is 1. The summed E-state index contributed by atoms with van der Waals surface area (Å²) in [5, 5.41) is 0.548. The average molecular weight is 300 g/mol. The van der Waals surface area contributed by atoms with Crippen LogP contribution in [0.1, 0.15) is 6.42 Å². The van der Waals surface area contributed by atoms with Gasteiger partial charge in [0.1, 0.15) is 0 Å². The lowest BCUT2D eigenvalue weighted by molar-refractivity contribution is -0.124. The van der Waals surface area contributed by atoms with Crippen molar-refractivity contribution in [3.8, 4) is 0 Å². The minimum Gasteiger partial charge on any atom is -0.274 e.